The maximum atomic E-state index is 12.6. The van der Waals surface area contributed by atoms with Crippen molar-refractivity contribution in [3.05, 3.63) is 29.8 Å². The van der Waals surface area contributed by atoms with Gasteiger partial charge in [0.15, 0.2) is 0 Å². The molecular formula is C18H23F3N4O3. The summed E-state index contributed by atoms with van der Waals surface area (Å²) in [5.41, 5.74) is -0.485. The summed E-state index contributed by atoms with van der Waals surface area (Å²) in [6.45, 7) is 3.36. The van der Waals surface area contributed by atoms with Crippen LogP contribution in [0.25, 0.3) is 0 Å². The predicted octanol–water partition coefficient (Wildman–Crippen LogP) is 2.74. The summed E-state index contributed by atoms with van der Waals surface area (Å²) in [4.78, 5) is 28.1. The van der Waals surface area contributed by atoms with Gasteiger partial charge in [0.2, 0.25) is 0 Å². The first kappa shape index (κ1) is 20.2. The normalized spacial score (nSPS) is 18.7. The summed E-state index contributed by atoms with van der Waals surface area (Å²) in [6, 6.07) is 3.70. The molecule has 2 heterocycles. The summed E-state index contributed by atoms with van der Waals surface area (Å²) in [5.74, 6) is 0. The molecule has 154 valence electrons. The minimum atomic E-state index is -4.41. The van der Waals surface area contributed by atoms with Gasteiger partial charge in [-0.15, -0.1) is 0 Å². The monoisotopic (exact) mass is 400 g/mol. The van der Waals surface area contributed by atoms with Crippen LogP contribution in [0.1, 0.15) is 18.4 Å². The standard InChI is InChI=1S/C18H23F3N4O3/c19-18(20,21)13-1-3-14(4-2-13)22-16(26)23-15-5-7-24(8-6-15)17(27)25-9-11-28-12-10-25/h1-4,15H,5-12H2,(H2,22,23,26). The number of halogens is 3. The van der Waals surface area contributed by atoms with Crippen molar-refractivity contribution in [1.29, 1.82) is 0 Å². The third-order valence-electron chi connectivity index (χ3n) is 4.85. The van der Waals surface area contributed by atoms with Crippen LogP contribution >= 0.6 is 0 Å². The van der Waals surface area contributed by atoms with Gasteiger partial charge in [0.1, 0.15) is 0 Å². The molecule has 0 radical (unpaired) electrons. The number of morpholine rings is 1. The molecule has 7 nitrogen and oxygen atoms in total. The van der Waals surface area contributed by atoms with Crippen LogP contribution in [-0.2, 0) is 10.9 Å². The van der Waals surface area contributed by atoms with Gasteiger partial charge < -0.3 is 25.2 Å². The van der Waals surface area contributed by atoms with Gasteiger partial charge in [-0.05, 0) is 37.1 Å². The zero-order valence-electron chi connectivity index (χ0n) is 15.3. The van der Waals surface area contributed by atoms with Gasteiger partial charge in [-0.2, -0.15) is 13.2 Å². The van der Waals surface area contributed by atoms with Crippen molar-refractivity contribution in [3.8, 4) is 0 Å². The molecule has 4 amide bonds. The van der Waals surface area contributed by atoms with Crippen molar-refractivity contribution >= 4 is 17.7 Å². The van der Waals surface area contributed by atoms with Crippen LogP contribution in [0.4, 0.5) is 28.4 Å². The number of carbonyl (C=O) groups excluding carboxylic acids is 2. The van der Waals surface area contributed by atoms with E-state index in [2.05, 4.69) is 10.6 Å². The SMILES string of the molecule is O=C(Nc1ccc(C(F)(F)F)cc1)NC1CCN(C(=O)N2CCOCC2)CC1. The number of nitrogens with zero attached hydrogens (tertiary/aromatic N) is 2. The van der Waals surface area contributed by atoms with E-state index in [9.17, 15) is 22.8 Å². The molecule has 0 bridgehead atoms. The Labute approximate surface area is 160 Å². The van der Waals surface area contributed by atoms with E-state index >= 15 is 0 Å². The van der Waals surface area contributed by atoms with Gasteiger partial charge in [0.05, 0.1) is 18.8 Å². The number of piperidine rings is 1. The Morgan fingerprint density at radius 2 is 1.54 bits per heavy atom. The van der Waals surface area contributed by atoms with Crippen LogP contribution in [0.2, 0.25) is 0 Å². The van der Waals surface area contributed by atoms with Crippen molar-refractivity contribution < 1.29 is 27.5 Å². The lowest BCUT2D eigenvalue weighted by Gasteiger charge is -2.37. The number of anilines is 1. The predicted molar refractivity (Wildman–Crippen MR) is 96.0 cm³/mol. The molecule has 0 unspecified atom stereocenters. The molecule has 0 saturated carbocycles. The van der Waals surface area contributed by atoms with Gasteiger partial charge in [-0.3, -0.25) is 0 Å². The molecule has 2 aliphatic rings. The Hall–Kier alpha value is -2.49. The third kappa shape index (κ3) is 5.28. The molecule has 28 heavy (non-hydrogen) atoms. The number of alkyl halides is 3. The summed E-state index contributed by atoms with van der Waals surface area (Å²) < 4.78 is 42.9. The number of hydrogen-bond donors (Lipinski definition) is 2. The lowest BCUT2D eigenvalue weighted by Crippen LogP contribution is -2.53. The van der Waals surface area contributed by atoms with Crippen LogP contribution in [-0.4, -0.2) is 67.3 Å². The average molecular weight is 400 g/mol. The second-order valence-electron chi connectivity index (χ2n) is 6.82. The van der Waals surface area contributed by atoms with Crippen molar-refractivity contribution in [2.75, 3.05) is 44.7 Å². The Morgan fingerprint density at radius 1 is 0.964 bits per heavy atom. The lowest BCUT2D eigenvalue weighted by atomic mass is 10.1. The number of amides is 4. The van der Waals surface area contributed by atoms with E-state index < -0.39 is 17.8 Å². The van der Waals surface area contributed by atoms with Gasteiger partial charge in [0.25, 0.3) is 0 Å². The van der Waals surface area contributed by atoms with Gasteiger partial charge in [0, 0.05) is 37.9 Å². The van der Waals surface area contributed by atoms with E-state index in [1.807, 2.05) is 0 Å². The Morgan fingerprint density at radius 3 is 2.11 bits per heavy atom. The summed E-state index contributed by atoms with van der Waals surface area (Å²) in [7, 11) is 0. The number of benzene rings is 1. The second-order valence-corrected chi connectivity index (χ2v) is 6.82. The first-order valence-electron chi connectivity index (χ1n) is 9.19. The van der Waals surface area contributed by atoms with E-state index in [1.165, 1.54) is 12.1 Å². The molecule has 1 aromatic rings. The fourth-order valence-corrected chi connectivity index (χ4v) is 3.26. The maximum absolute atomic E-state index is 12.6. The molecule has 2 aliphatic heterocycles. The minimum absolute atomic E-state index is 0.00374. The largest absolute Gasteiger partial charge is 0.416 e. The number of ether oxygens (including phenoxy) is 1. The highest BCUT2D eigenvalue weighted by Gasteiger charge is 2.30. The van der Waals surface area contributed by atoms with E-state index in [1.54, 1.807) is 9.80 Å². The van der Waals surface area contributed by atoms with Crippen LogP contribution in [0.5, 0.6) is 0 Å². The van der Waals surface area contributed by atoms with Crippen LogP contribution in [0, 0.1) is 0 Å². The zero-order valence-corrected chi connectivity index (χ0v) is 15.3. The summed E-state index contributed by atoms with van der Waals surface area (Å²) in [5, 5.41) is 5.34. The molecule has 2 fully saturated rings. The summed E-state index contributed by atoms with van der Waals surface area (Å²) in [6.07, 6.45) is -3.17. The Kier molecular flexibility index (Phi) is 6.28. The second kappa shape index (κ2) is 8.68. The molecule has 2 saturated heterocycles. The number of rotatable bonds is 2. The van der Waals surface area contributed by atoms with Gasteiger partial charge in [-0.1, -0.05) is 0 Å². The topological polar surface area (TPSA) is 73.9 Å². The molecule has 0 aliphatic carbocycles. The maximum Gasteiger partial charge on any atom is 0.416 e. The fraction of sp³-hybridized carbons (Fsp3) is 0.556. The van der Waals surface area contributed by atoms with E-state index in [0.717, 1.165) is 12.1 Å². The van der Waals surface area contributed by atoms with Crippen molar-refractivity contribution in [1.82, 2.24) is 15.1 Å². The van der Waals surface area contributed by atoms with E-state index in [-0.39, 0.29) is 17.8 Å². The zero-order chi connectivity index (χ0) is 20.1. The fourth-order valence-electron chi connectivity index (χ4n) is 3.26. The Bertz CT molecular complexity index is 682. The molecule has 0 spiro atoms. The van der Waals surface area contributed by atoms with Gasteiger partial charge >= 0.3 is 18.2 Å². The minimum Gasteiger partial charge on any atom is -0.378 e. The highest BCUT2D eigenvalue weighted by atomic mass is 19.4. The molecule has 3 rings (SSSR count). The first-order chi connectivity index (χ1) is 13.3. The molecule has 2 N–H and O–H groups in total. The van der Waals surface area contributed by atoms with E-state index in [0.29, 0.717) is 52.2 Å². The van der Waals surface area contributed by atoms with E-state index in [4.69, 9.17) is 4.74 Å². The molecule has 10 heteroatoms. The van der Waals surface area contributed by atoms with Crippen molar-refractivity contribution in [3.63, 3.8) is 0 Å². The third-order valence-corrected chi connectivity index (χ3v) is 4.85. The van der Waals surface area contributed by atoms with Crippen LogP contribution in [0.15, 0.2) is 24.3 Å². The molecule has 1 aromatic carbocycles. The molecule has 0 aromatic heterocycles. The lowest BCUT2D eigenvalue weighted by molar-refractivity contribution is -0.137. The van der Waals surface area contributed by atoms with Crippen LogP contribution in [0.3, 0.4) is 0 Å². The highest BCUT2D eigenvalue weighted by molar-refractivity contribution is 5.89. The molecule has 0 atom stereocenters. The van der Waals surface area contributed by atoms with Crippen LogP contribution < -0.4 is 10.6 Å². The van der Waals surface area contributed by atoms with Crippen molar-refractivity contribution in [2.45, 2.75) is 25.1 Å². The first-order valence-corrected chi connectivity index (χ1v) is 9.19. The van der Waals surface area contributed by atoms with Crippen molar-refractivity contribution in [2.24, 2.45) is 0 Å². The number of carbonyl (C=O) groups is 2. The number of hydrogen-bond acceptors (Lipinski definition) is 3. The quantitative estimate of drug-likeness (QED) is 0.802. The van der Waals surface area contributed by atoms with Gasteiger partial charge in [-0.25, -0.2) is 9.59 Å². The number of urea groups is 2. The number of likely N-dealkylation sites (tertiary alicyclic amines) is 1. The number of nitrogens with one attached hydrogen (secondary N) is 2. The average Bonchev–Trinajstić information content (AvgIpc) is 2.68. The Balaban J connectivity index is 1.43. The summed E-state index contributed by atoms with van der Waals surface area (Å²) >= 11 is 0. The molecular weight excluding hydrogens is 377 g/mol. The highest BCUT2D eigenvalue weighted by Crippen LogP contribution is 2.29. The smallest absolute Gasteiger partial charge is 0.378 e.